The van der Waals surface area contributed by atoms with Gasteiger partial charge in [0.25, 0.3) is 0 Å². The van der Waals surface area contributed by atoms with Crippen LogP contribution in [0, 0.1) is 22.7 Å². The smallest absolute Gasteiger partial charge is 0.224 e. The Bertz CT molecular complexity index is 493. The highest BCUT2D eigenvalue weighted by Gasteiger charge is 2.70. The zero-order valence-corrected chi connectivity index (χ0v) is 12.1. The predicted octanol–water partition coefficient (Wildman–Crippen LogP) is 3.38. The topological polar surface area (TPSA) is 29.1 Å². The lowest BCUT2D eigenvalue weighted by Gasteiger charge is -2.58. The largest absolute Gasteiger partial charge is 0.352 e. The van der Waals surface area contributed by atoms with E-state index >= 15 is 0 Å². The molecule has 0 aromatic heterocycles. The average Bonchev–Trinajstić information content (AvgIpc) is 2.88. The normalized spacial score (nSPS) is 34.7. The Morgan fingerprint density at radius 2 is 1.95 bits per heavy atom. The maximum Gasteiger partial charge on any atom is 0.224 e. The third kappa shape index (κ3) is 1.65. The summed E-state index contributed by atoms with van der Waals surface area (Å²) >= 11 is 0. The Kier molecular flexibility index (Phi) is 2.74. The third-order valence-electron chi connectivity index (χ3n) is 6.05. The van der Waals surface area contributed by atoms with Gasteiger partial charge >= 0.3 is 0 Å². The standard InChI is InChI=1S/C17H23NO/c1-16(2)13-9-10-17(16,3)14(13)15(19)18-11-12-7-5-4-6-8-12/h4-8,13-14H,9-11H2,1-3H3,(H,18,19)/t13-,14+,17+/m0/s1. The zero-order valence-electron chi connectivity index (χ0n) is 12.1. The summed E-state index contributed by atoms with van der Waals surface area (Å²) in [5.74, 6) is 1.06. The monoisotopic (exact) mass is 257 g/mol. The van der Waals surface area contributed by atoms with Crippen LogP contribution in [0.4, 0.5) is 0 Å². The Balaban J connectivity index is 1.64. The molecule has 0 unspecified atom stereocenters. The van der Waals surface area contributed by atoms with Crippen molar-refractivity contribution in [1.29, 1.82) is 0 Å². The minimum absolute atomic E-state index is 0.207. The minimum Gasteiger partial charge on any atom is -0.352 e. The van der Waals surface area contributed by atoms with Gasteiger partial charge in [-0.25, -0.2) is 0 Å². The second-order valence-electron chi connectivity index (χ2n) is 6.97. The summed E-state index contributed by atoms with van der Waals surface area (Å²) < 4.78 is 0. The lowest BCUT2D eigenvalue weighted by molar-refractivity contribution is -0.160. The van der Waals surface area contributed by atoms with Gasteiger partial charge in [-0.05, 0) is 35.2 Å². The van der Waals surface area contributed by atoms with E-state index in [9.17, 15) is 4.79 Å². The molecule has 2 heteroatoms. The van der Waals surface area contributed by atoms with E-state index in [-0.39, 0.29) is 17.2 Å². The van der Waals surface area contributed by atoms with Crippen molar-refractivity contribution in [3.05, 3.63) is 35.9 Å². The average molecular weight is 257 g/mol. The number of rotatable bonds is 3. The molecule has 1 amide bonds. The fraction of sp³-hybridized carbons (Fsp3) is 0.588. The van der Waals surface area contributed by atoms with E-state index in [0.717, 1.165) is 0 Å². The van der Waals surface area contributed by atoms with Crippen molar-refractivity contribution < 1.29 is 4.79 Å². The van der Waals surface area contributed by atoms with Crippen LogP contribution < -0.4 is 5.32 Å². The number of hydrogen-bond acceptors (Lipinski definition) is 1. The maximum atomic E-state index is 12.4. The van der Waals surface area contributed by atoms with Gasteiger partial charge in [0.1, 0.15) is 0 Å². The zero-order chi connectivity index (χ0) is 13.7. The first-order valence-corrected chi connectivity index (χ1v) is 7.28. The van der Waals surface area contributed by atoms with E-state index in [2.05, 4.69) is 38.2 Å². The summed E-state index contributed by atoms with van der Waals surface area (Å²) in [7, 11) is 0. The fourth-order valence-corrected chi connectivity index (χ4v) is 4.42. The number of amides is 1. The molecule has 0 heterocycles. The molecule has 0 spiro atoms. The van der Waals surface area contributed by atoms with E-state index in [1.165, 1.54) is 18.4 Å². The summed E-state index contributed by atoms with van der Waals surface area (Å²) in [4.78, 5) is 12.4. The van der Waals surface area contributed by atoms with Crippen LogP contribution >= 0.6 is 0 Å². The Morgan fingerprint density at radius 3 is 2.47 bits per heavy atom. The molecule has 3 saturated carbocycles. The maximum absolute atomic E-state index is 12.4. The van der Waals surface area contributed by atoms with Gasteiger partial charge in [-0.3, -0.25) is 4.79 Å². The summed E-state index contributed by atoms with van der Waals surface area (Å²) in [6, 6.07) is 10.1. The lowest BCUT2D eigenvalue weighted by atomic mass is 9.45. The highest BCUT2D eigenvalue weighted by atomic mass is 16.2. The molecule has 1 aromatic carbocycles. The van der Waals surface area contributed by atoms with E-state index in [1.807, 2.05) is 18.2 Å². The van der Waals surface area contributed by atoms with Crippen molar-refractivity contribution in [2.75, 3.05) is 0 Å². The summed E-state index contributed by atoms with van der Waals surface area (Å²) in [6.07, 6.45) is 2.42. The molecule has 1 N–H and O–H groups in total. The van der Waals surface area contributed by atoms with Crippen molar-refractivity contribution >= 4 is 5.91 Å². The van der Waals surface area contributed by atoms with Crippen LogP contribution in [0.5, 0.6) is 0 Å². The molecule has 3 aliphatic carbocycles. The molecule has 0 aliphatic heterocycles. The quantitative estimate of drug-likeness (QED) is 0.883. The van der Waals surface area contributed by atoms with Crippen molar-refractivity contribution in [3.8, 4) is 0 Å². The molecular weight excluding hydrogens is 234 g/mol. The summed E-state index contributed by atoms with van der Waals surface area (Å²) in [5, 5.41) is 3.13. The molecule has 19 heavy (non-hydrogen) atoms. The number of fused-ring (bicyclic) bond motifs is 1. The van der Waals surface area contributed by atoms with Gasteiger partial charge in [0, 0.05) is 12.5 Å². The highest BCUT2D eigenvalue weighted by molar-refractivity contribution is 5.82. The van der Waals surface area contributed by atoms with Crippen molar-refractivity contribution in [2.24, 2.45) is 22.7 Å². The molecule has 3 atom stereocenters. The second-order valence-corrected chi connectivity index (χ2v) is 6.97. The molecule has 1 aromatic rings. The second kappa shape index (κ2) is 4.09. The van der Waals surface area contributed by atoms with Gasteiger partial charge < -0.3 is 5.32 Å². The highest BCUT2D eigenvalue weighted by Crippen LogP contribution is 2.73. The van der Waals surface area contributed by atoms with E-state index in [1.54, 1.807) is 0 Å². The van der Waals surface area contributed by atoms with Crippen molar-refractivity contribution in [1.82, 2.24) is 5.32 Å². The van der Waals surface area contributed by atoms with Crippen LogP contribution in [-0.2, 0) is 11.3 Å². The number of benzene rings is 1. The van der Waals surface area contributed by atoms with Crippen LogP contribution in [0.2, 0.25) is 0 Å². The Hall–Kier alpha value is -1.31. The van der Waals surface area contributed by atoms with Crippen LogP contribution in [-0.4, -0.2) is 5.91 Å². The number of carbonyl (C=O) groups is 1. The first-order chi connectivity index (χ1) is 8.97. The number of nitrogens with one attached hydrogen (secondary N) is 1. The third-order valence-corrected chi connectivity index (χ3v) is 6.05. The van der Waals surface area contributed by atoms with Gasteiger partial charge in [-0.15, -0.1) is 0 Å². The van der Waals surface area contributed by atoms with Crippen LogP contribution in [0.25, 0.3) is 0 Å². The lowest BCUT2D eigenvalue weighted by Crippen LogP contribution is -2.60. The molecule has 4 rings (SSSR count). The van der Waals surface area contributed by atoms with Gasteiger partial charge in [0.15, 0.2) is 0 Å². The van der Waals surface area contributed by atoms with E-state index < -0.39 is 0 Å². The van der Waals surface area contributed by atoms with E-state index in [0.29, 0.717) is 17.9 Å². The Labute approximate surface area is 115 Å². The van der Waals surface area contributed by atoms with E-state index in [4.69, 9.17) is 0 Å². The first-order valence-electron chi connectivity index (χ1n) is 7.28. The molecule has 3 fully saturated rings. The van der Waals surface area contributed by atoms with Crippen LogP contribution in [0.15, 0.2) is 30.3 Å². The molecule has 2 bridgehead atoms. The molecule has 3 aliphatic rings. The fourth-order valence-electron chi connectivity index (χ4n) is 4.42. The molecule has 0 radical (unpaired) electrons. The molecule has 0 saturated heterocycles. The van der Waals surface area contributed by atoms with Gasteiger partial charge in [-0.2, -0.15) is 0 Å². The number of hydrogen-bond donors (Lipinski definition) is 1. The summed E-state index contributed by atoms with van der Waals surface area (Å²) in [6.45, 7) is 7.60. The molecule has 2 nitrogen and oxygen atoms in total. The Morgan fingerprint density at radius 1 is 1.26 bits per heavy atom. The van der Waals surface area contributed by atoms with Crippen molar-refractivity contribution in [2.45, 2.75) is 40.2 Å². The minimum atomic E-state index is 0.207. The number of carbonyl (C=O) groups excluding carboxylic acids is 1. The first kappa shape index (κ1) is 12.7. The SMILES string of the molecule is CC1(C)[C@H]2CC[C@]1(C)[C@H]2C(=O)NCc1ccccc1. The van der Waals surface area contributed by atoms with Gasteiger partial charge in [0.2, 0.25) is 5.91 Å². The van der Waals surface area contributed by atoms with Gasteiger partial charge in [0.05, 0.1) is 0 Å². The molecular formula is C17H23NO. The molecule has 102 valence electrons. The van der Waals surface area contributed by atoms with Crippen molar-refractivity contribution in [3.63, 3.8) is 0 Å². The summed E-state index contributed by atoms with van der Waals surface area (Å²) in [5.41, 5.74) is 1.71. The predicted molar refractivity (Wildman–Crippen MR) is 76.4 cm³/mol. The van der Waals surface area contributed by atoms with Crippen LogP contribution in [0.1, 0.15) is 39.2 Å². The van der Waals surface area contributed by atoms with Gasteiger partial charge in [-0.1, -0.05) is 51.1 Å². The van der Waals surface area contributed by atoms with Crippen LogP contribution in [0.3, 0.4) is 0 Å².